The Hall–Kier alpha value is -2.77. The fraction of sp³-hybridized carbons (Fsp3) is 0.381. The van der Waals surface area contributed by atoms with E-state index in [0.717, 1.165) is 25.9 Å². The molecule has 34 heavy (non-hydrogen) atoms. The second kappa shape index (κ2) is 10.7. The van der Waals surface area contributed by atoms with E-state index in [9.17, 15) is 17.4 Å². The molecule has 13 heteroatoms. The molecule has 2 atom stereocenters. The van der Waals surface area contributed by atoms with Crippen LogP contribution in [0.1, 0.15) is 23.4 Å². The van der Waals surface area contributed by atoms with E-state index in [1.807, 2.05) is 0 Å². The normalized spacial score (nSPS) is 16.9. The molecule has 0 aliphatic carbocycles. The van der Waals surface area contributed by atoms with Gasteiger partial charge in [0.05, 0.1) is 16.4 Å². The first kappa shape index (κ1) is 24.4. The number of piperidine rings is 1. The number of alkyl halides is 2. The van der Waals surface area contributed by atoms with Gasteiger partial charge in [-0.25, -0.2) is 23.6 Å². The third-order valence-corrected chi connectivity index (χ3v) is 6.87. The number of benzene rings is 1. The Morgan fingerprint density at radius 1 is 1.26 bits per heavy atom. The molecule has 1 aliphatic heterocycles. The quantitative estimate of drug-likeness (QED) is 0.405. The Labute approximate surface area is 201 Å². The lowest BCUT2D eigenvalue weighted by Crippen LogP contribution is -2.38. The summed E-state index contributed by atoms with van der Waals surface area (Å²) in [4.78, 5) is 13.9. The van der Waals surface area contributed by atoms with Gasteiger partial charge in [0.1, 0.15) is 4.88 Å². The maximum atomic E-state index is 14.9. The fourth-order valence-electron chi connectivity index (χ4n) is 3.46. The van der Waals surface area contributed by atoms with Crippen LogP contribution in [0.3, 0.4) is 0 Å². The second-order valence-corrected chi connectivity index (χ2v) is 9.99. The van der Waals surface area contributed by atoms with Crippen LogP contribution in [0.5, 0.6) is 11.6 Å². The van der Waals surface area contributed by atoms with Gasteiger partial charge in [-0.2, -0.15) is 8.78 Å². The highest BCUT2D eigenvalue weighted by Gasteiger charge is 2.21. The van der Waals surface area contributed by atoms with Crippen molar-refractivity contribution < 1.29 is 22.1 Å². The highest BCUT2D eigenvalue weighted by molar-refractivity contribution is 7.86. The molecule has 8 nitrogen and oxygen atoms in total. The molecule has 2 unspecified atom stereocenters. The van der Waals surface area contributed by atoms with Crippen LogP contribution in [-0.2, 0) is 11.0 Å². The maximum absolute atomic E-state index is 14.9. The topological polar surface area (TPSA) is 101 Å². The van der Waals surface area contributed by atoms with E-state index in [0.29, 0.717) is 21.5 Å². The number of nitrogens with zero attached hydrogens (tertiary/aromatic N) is 3. The molecule has 3 aromatic rings. The third kappa shape index (κ3) is 5.65. The number of anilines is 2. The summed E-state index contributed by atoms with van der Waals surface area (Å²) in [6.07, 6.45) is 3.72. The molecule has 4 rings (SSSR count). The van der Waals surface area contributed by atoms with Crippen molar-refractivity contribution in [2.75, 3.05) is 23.1 Å². The average Bonchev–Trinajstić information content (AvgIpc) is 3.19. The molecular formula is C21H23F3N6O2S2. The molecule has 0 amide bonds. The molecule has 1 aliphatic rings. The molecular weight excluding hydrogens is 489 g/mol. The largest absolute Gasteiger partial charge is 0.434 e. The number of rotatable bonds is 8. The first-order chi connectivity index (χ1) is 16.3. The van der Waals surface area contributed by atoms with Crippen LogP contribution in [0.2, 0.25) is 0 Å². The molecule has 3 N–H and O–H groups in total. The lowest BCUT2D eigenvalue weighted by molar-refractivity contribution is 0.244. The van der Waals surface area contributed by atoms with Gasteiger partial charge >= 0.3 is 5.76 Å². The minimum atomic E-state index is -3.10. The van der Waals surface area contributed by atoms with Crippen LogP contribution < -0.4 is 20.1 Å². The Balaban J connectivity index is 1.57. The molecule has 0 bridgehead atoms. The molecule has 2 aromatic heterocycles. The van der Waals surface area contributed by atoms with E-state index in [1.54, 1.807) is 19.2 Å². The van der Waals surface area contributed by atoms with Crippen molar-refractivity contribution in [3.05, 3.63) is 40.8 Å². The van der Waals surface area contributed by atoms with Gasteiger partial charge in [-0.1, -0.05) is 0 Å². The summed E-state index contributed by atoms with van der Waals surface area (Å²) in [5.41, 5.74) is 0.557. The molecule has 1 fully saturated rings. The minimum Gasteiger partial charge on any atom is -0.434 e. The van der Waals surface area contributed by atoms with Gasteiger partial charge < -0.3 is 20.1 Å². The van der Waals surface area contributed by atoms with Crippen LogP contribution in [0.15, 0.2) is 24.4 Å². The van der Waals surface area contributed by atoms with E-state index in [4.69, 9.17) is 4.74 Å². The van der Waals surface area contributed by atoms with Crippen molar-refractivity contribution in [2.24, 2.45) is 0 Å². The first-order valence-electron chi connectivity index (χ1n) is 10.5. The smallest absolute Gasteiger partial charge is 0.330 e. The van der Waals surface area contributed by atoms with Crippen molar-refractivity contribution in [1.82, 2.24) is 20.3 Å². The third-order valence-electron chi connectivity index (χ3n) is 5.15. The zero-order valence-corrected chi connectivity index (χ0v) is 20.0. The van der Waals surface area contributed by atoms with Gasteiger partial charge in [0.2, 0.25) is 11.8 Å². The molecule has 0 saturated carbocycles. The Morgan fingerprint density at radius 2 is 2.09 bits per heavy atom. The van der Waals surface area contributed by atoms with Crippen molar-refractivity contribution in [1.29, 1.82) is 0 Å². The summed E-state index contributed by atoms with van der Waals surface area (Å²) in [5, 5.41) is 7.35. The Bertz CT molecular complexity index is 1190. The number of hydrogen-bond donors (Lipinski definition) is 3. The summed E-state index contributed by atoms with van der Waals surface area (Å²) in [7, 11) is -2.64. The van der Waals surface area contributed by atoms with Gasteiger partial charge in [0.15, 0.2) is 22.6 Å². The highest BCUT2D eigenvalue weighted by Crippen LogP contribution is 2.39. The van der Waals surface area contributed by atoms with Gasteiger partial charge in [-0.15, -0.1) is 11.3 Å². The van der Waals surface area contributed by atoms with Crippen LogP contribution in [0.4, 0.5) is 24.8 Å². The molecule has 0 spiro atoms. The number of aryl methyl sites for hydroxylation is 1. The number of thiazole rings is 1. The molecule has 182 valence electrons. The summed E-state index contributed by atoms with van der Waals surface area (Å²) < 4.78 is 59.4. The molecule has 1 aromatic carbocycles. The van der Waals surface area contributed by atoms with Crippen LogP contribution in [-0.4, -0.2) is 44.0 Å². The number of nitrogens with one attached hydrogen (secondary N) is 3. The predicted molar refractivity (Wildman–Crippen MR) is 126 cm³/mol. The molecule has 0 radical (unpaired) electrons. The zero-order chi connectivity index (χ0) is 24.2. The average molecular weight is 513 g/mol. The van der Waals surface area contributed by atoms with E-state index in [-0.39, 0.29) is 28.9 Å². The number of hydrogen-bond acceptors (Lipinski definition) is 8. The van der Waals surface area contributed by atoms with Gasteiger partial charge in [0.25, 0.3) is 0 Å². The van der Waals surface area contributed by atoms with Crippen molar-refractivity contribution in [3.8, 4) is 22.2 Å². The van der Waals surface area contributed by atoms with Gasteiger partial charge in [-0.3, -0.25) is 0 Å². The zero-order valence-electron chi connectivity index (χ0n) is 18.4. The van der Waals surface area contributed by atoms with Crippen molar-refractivity contribution >= 4 is 34.0 Å². The summed E-state index contributed by atoms with van der Waals surface area (Å²) >= 11 is 1.34. The van der Waals surface area contributed by atoms with E-state index >= 15 is 0 Å². The van der Waals surface area contributed by atoms with Crippen LogP contribution in [0.25, 0.3) is 10.6 Å². The fourth-order valence-corrected chi connectivity index (χ4v) is 4.80. The summed E-state index contributed by atoms with van der Waals surface area (Å²) in [6.45, 7) is 5.00. The minimum absolute atomic E-state index is 0.00499. The number of aromatic nitrogens is 3. The predicted octanol–water partition coefficient (Wildman–Crippen LogP) is 4.61. The van der Waals surface area contributed by atoms with Crippen LogP contribution >= 0.6 is 11.3 Å². The Morgan fingerprint density at radius 3 is 2.82 bits per heavy atom. The summed E-state index contributed by atoms with van der Waals surface area (Å²) in [6, 6.07) is 4.55. The Kier molecular flexibility index (Phi) is 7.63. The van der Waals surface area contributed by atoms with Gasteiger partial charge in [-0.05, 0) is 51.4 Å². The van der Waals surface area contributed by atoms with E-state index < -0.39 is 22.6 Å². The highest BCUT2D eigenvalue weighted by atomic mass is 32.2. The lowest BCUT2D eigenvalue weighted by Gasteiger charge is -2.23. The number of halogens is 3. The van der Waals surface area contributed by atoms with E-state index in [2.05, 4.69) is 30.3 Å². The molecule has 1 saturated heterocycles. The SMILES string of the molecule is Cc1nc(Oc2ccc(NS(=O)C(F)F)c(C)c2F)c(-c2ccnc(NC3CCCNC3)n2)s1. The first-order valence-corrected chi connectivity index (χ1v) is 12.5. The second-order valence-electron chi connectivity index (χ2n) is 7.63. The van der Waals surface area contributed by atoms with E-state index in [1.165, 1.54) is 30.4 Å². The standard InChI is InChI=1S/C21H23F3N6O2S2/c1-11-14(30-34(31)20(23)24)5-6-16(17(11)22)32-19-18(33-12(2)27-19)15-7-9-26-21(29-15)28-13-4-3-8-25-10-13/h5-7,9,13,20,25,30H,3-4,8,10H2,1-2H3,(H,26,28,29). The number of ether oxygens (including phenoxy) is 1. The van der Waals surface area contributed by atoms with Crippen molar-refractivity contribution in [2.45, 2.75) is 38.5 Å². The monoisotopic (exact) mass is 512 g/mol. The maximum Gasteiger partial charge on any atom is 0.330 e. The molecule has 3 heterocycles. The summed E-state index contributed by atoms with van der Waals surface area (Å²) in [5.74, 6) is -3.37. The van der Waals surface area contributed by atoms with Crippen LogP contribution in [0, 0.1) is 19.7 Å². The van der Waals surface area contributed by atoms with Crippen molar-refractivity contribution in [3.63, 3.8) is 0 Å². The lowest BCUT2D eigenvalue weighted by atomic mass is 10.1. The van der Waals surface area contributed by atoms with Gasteiger partial charge in [0, 0.05) is 24.3 Å².